The minimum absolute atomic E-state index is 0. The van der Waals surface area contributed by atoms with Crippen LogP contribution in [0.15, 0.2) is 18.2 Å². The lowest BCUT2D eigenvalue weighted by Crippen LogP contribution is -2.48. The third kappa shape index (κ3) is 3.48. The van der Waals surface area contributed by atoms with Crippen LogP contribution < -0.4 is 5.32 Å². The maximum absolute atomic E-state index is 12.6. The largest absolute Gasteiger partial charge is 0.339 e. The molecule has 6 heteroatoms. The number of carbonyl (C=O) groups excluding carboxylic acids is 1. The number of halogens is 3. The molecule has 3 nitrogen and oxygen atoms in total. The molecule has 116 valence electrons. The van der Waals surface area contributed by atoms with E-state index in [-0.39, 0.29) is 18.3 Å². The molecular weight excluding hydrogens is 331 g/mol. The maximum atomic E-state index is 12.6. The summed E-state index contributed by atoms with van der Waals surface area (Å²) in [6, 6.07) is 6.47. The number of hydrogen-bond donors (Lipinski definition) is 1. The molecule has 1 amide bonds. The molecule has 1 aromatic rings. The van der Waals surface area contributed by atoms with Gasteiger partial charge in [0.15, 0.2) is 0 Å². The molecule has 0 saturated carbocycles. The molecule has 0 aliphatic carbocycles. The van der Waals surface area contributed by atoms with Gasteiger partial charge in [-0.25, -0.2) is 0 Å². The zero-order chi connectivity index (χ0) is 14.3. The summed E-state index contributed by atoms with van der Waals surface area (Å²) in [7, 11) is 1.88. The highest BCUT2D eigenvalue weighted by Gasteiger charge is 2.36. The van der Waals surface area contributed by atoms with E-state index >= 15 is 0 Å². The van der Waals surface area contributed by atoms with Crippen LogP contribution >= 0.6 is 35.6 Å². The molecule has 0 spiro atoms. The van der Waals surface area contributed by atoms with Crippen molar-refractivity contribution >= 4 is 41.5 Å². The van der Waals surface area contributed by atoms with Crippen LogP contribution in [0.1, 0.15) is 36.0 Å². The minimum atomic E-state index is -0.0158. The number of piperidine rings is 1. The van der Waals surface area contributed by atoms with Gasteiger partial charge in [0.05, 0.1) is 10.6 Å². The van der Waals surface area contributed by atoms with Crippen molar-refractivity contribution in [1.82, 2.24) is 10.2 Å². The van der Waals surface area contributed by atoms with E-state index in [0.717, 1.165) is 12.8 Å². The number of nitrogens with one attached hydrogen (secondary N) is 1. The average molecular weight is 350 g/mol. The Morgan fingerprint density at radius 3 is 2.43 bits per heavy atom. The Hall–Kier alpha value is -0.480. The summed E-state index contributed by atoms with van der Waals surface area (Å²) in [6.07, 6.45) is 4.52. The van der Waals surface area contributed by atoms with E-state index in [4.69, 9.17) is 23.2 Å². The third-order valence-corrected chi connectivity index (χ3v) is 5.03. The topological polar surface area (TPSA) is 32.3 Å². The highest BCUT2D eigenvalue weighted by molar-refractivity contribution is 6.36. The van der Waals surface area contributed by atoms with Gasteiger partial charge in [-0.05, 0) is 43.9 Å². The molecule has 2 aliphatic heterocycles. The summed E-state index contributed by atoms with van der Waals surface area (Å²) in [5.41, 5.74) is 0.532. The van der Waals surface area contributed by atoms with Crippen molar-refractivity contribution in [2.45, 2.75) is 43.8 Å². The number of benzene rings is 1. The van der Waals surface area contributed by atoms with Crippen LogP contribution in [0.2, 0.25) is 10.0 Å². The van der Waals surface area contributed by atoms with Crippen molar-refractivity contribution in [3.8, 4) is 0 Å². The maximum Gasteiger partial charge on any atom is 0.255 e. The van der Waals surface area contributed by atoms with Gasteiger partial charge in [0, 0.05) is 30.2 Å². The molecule has 2 fully saturated rings. The van der Waals surface area contributed by atoms with Crippen molar-refractivity contribution in [1.29, 1.82) is 0 Å². The molecule has 2 unspecified atom stereocenters. The van der Waals surface area contributed by atoms with E-state index in [0.29, 0.717) is 33.7 Å². The van der Waals surface area contributed by atoms with Gasteiger partial charge in [-0.15, -0.1) is 12.4 Å². The van der Waals surface area contributed by atoms with Gasteiger partial charge >= 0.3 is 0 Å². The zero-order valence-corrected chi connectivity index (χ0v) is 14.1. The second-order valence-corrected chi connectivity index (χ2v) is 6.65. The number of hydrogen-bond acceptors (Lipinski definition) is 2. The molecule has 2 heterocycles. The standard InChI is InChI=1S/C15H18Cl2N2O.ClH/c1-19(12-7-10-3-4-11(8-12)18-10)15(20)13-5-2-9(16)6-14(13)17;/h2,5-6,10-12,18H,3-4,7-8H2,1H3;1H. The first-order valence-corrected chi connectivity index (χ1v) is 7.78. The monoisotopic (exact) mass is 348 g/mol. The SMILES string of the molecule is CN(C(=O)c1ccc(Cl)cc1Cl)C1CC2CCC(C1)N2.Cl. The van der Waals surface area contributed by atoms with E-state index < -0.39 is 0 Å². The number of amides is 1. The van der Waals surface area contributed by atoms with Gasteiger partial charge in [-0.1, -0.05) is 23.2 Å². The van der Waals surface area contributed by atoms with E-state index in [9.17, 15) is 4.79 Å². The fourth-order valence-corrected chi connectivity index (χ4v) is 3.85. The van der Waals surface area contributed by atoms with Crippen LogP contribution in [0, 0.1) is 0 Å². The Morgan fingerprint density at radius 1 is 1.24 bits per heavy atom. The lowest BCUT2D eigenvalue weighted by Gasteiger charge is -2.35. The van der Waals surface area contributed by atoms with Crippen molar-refractivity contribution in [3.05, 3.63) is 33.8 Å². The van der Waals surface area contributed by atoms with E-state index in [2.05, 4.69) is 5.32 Å². The number of nitrogens with zero attached hydrogens (tertiary/aromatic N) is 1. The smallest absolute Gasteiger partial charge is 0.255 e. The van der Waals surface area contributed by atoms with Crippen LogP contribution in [0.5, 0.6) is 0 Å². The Morgan fingerprint density at radius 2 is 1.86 bits per heavy atom. The second kappa shape index (κ2) is 6.74. The molecule has 1 N–H and O–H groups in total. The van der Waals surface area contributed by atoms with Crippen molar-refractivity contribution in [3.63, 3.8) is 0 Å². The molecule has 0 aromatic heterocycles. The van der Waals surface area contributed by atoms with Gasteiger partial charge < -0.3 is 10.2 Å². The summed E-state index contributed by atoms with van der Waals surface area (Å²) < 4.78 is 0. The van der Waals surface area contributed by atoms with E-state index in [1.165, 1.54) is 12.8 Å². The lowest BCUT2D eigenvalue weighted by atomic mass is 9.98. The molecule has 2 aliphatic rings. The van der Waals surface area contributed by atoms with Gasteiger partial charge in [-0.3, -0.25) is 4.79 Å². The summed E-state index contributed by atoms with van der Waals surface area (Å²) in [5, 5.41) is 4.56. The Labute approximate surface area is 141 Å². The first-order valence-electron chi connectivity index (χ1n) is 7.03. The minimum Gasteiger partial charge on any atom is -0.339 e. The normalized spacial score (nSPS) is 27.1. The fourth-order valence-electron chi connectivity index (χ4n) is 3.36. The third-order valence-electron chi connectivity index (χ3n) is 4.48. The molecule has 0 radical (unpaired) electrons. The molecule has 2 bridgehead atoms. The summed E-state index contributed by atoms with van der Waals surface area (Å²) in [6.45, 7) is 0. The lowest BCUT2D eigenvalue weighted by molar-refractivity contribution is 0.0682. The highest BCUT2D eigenvalue weighted by atomic mass is 35.5. The fraction of sp³-hybridized carbons (Fsp3) is 0.533. The molecule has 2 atom stereocenters. The predicted molar refractivity (Wildman–Crippen MR) is 88.8 cm³/mol. The summed E-state index contributed by atoms with van der Waals surface area (Å²) >= 11 is 12.0. The van der Waals surface area contributed by atoms with Crippen LogP contribution in [0.25, 0.3) is 0 Å². The molecule has 1 aromatic carbocycles. The second-order valence-electron chi connectivity index (χ2n) is 5.80. The number of rotatable bonds is 2. The Kier molecular flexibility index (Phi) is 5.42. The highest BCUT2D eigenvalue weighted by Crippen LogP contribution is 2.30. The van der Waals surface area contributed by atoms with Gasteiger partial charge in [0.2, 0.25) is 0 Å². The zero-order valence-electron chi connectivity index (χ0n) is 11.8. The van der Waals surface area contributed by atoms with Crippen molar-refractivity contribution in [2.24, 2.45) is 0 Å². The van der Waals surface area contributed by atoms with Crippen LogP contribution in [0.4, 0.5) is 0 Å². The van der Waals surface area contributed by atoms with Gasteiger partial charge in [0.25, 0.3) is 5.91 Å². The Balaban J connectivity index is 0.00000161. The number of carbonyl (C=O) groups is 1. The van der Waals surface area contributed by atoms with Crippen LogP contribution in [-0.4, -0.2) is 36.0 Å². The van der Waals surface area contributed by atoms with Gasteiger partial charge in [0.1, 0.15) is 0 Å². The molecule has 21 heavy (non-hydrogen) atoms. The Bertz CT molecular complexity index is 526. The van der Waals surface area contributed by atoms with Crippen LogP contribution in [-0.2, 0) is 0 Å². The molecule has 3 rings (SSSR count). The van der Waals surface area contributed by atoms with Crippen LogP contribution in [0.3, 0.4) is 0 Å². The summed E-state index contributed by atoms with van der Waals surface area (Å²) in [4.78, 5) is 14.4. The molecule has 2 saturated heterocycles. The van der Waals surface area contributed by atoms with Crippen molar-refractivity contribution < 1.29 is 4.79 Å². The van der Waals surface area contributed by atoms with Gasteiger partial charge in [-0.2, -0.15) is 0 Å². The number of fused-ring (bicyclic) bond motifs is 2. The quantitative estimate of drug-likeness (QED) is 0.881. The summed E-state index contributed by atoms with van der Waals surface area (Å²) in [5.74, 6) is -0.0158. The van der Waals surface area contributed by atoms with Crippen molar-refractivity contribution in [2.75, 3.05) is 7.05 Å². The first kappa shape index (κ1) is 16.9. The first-order chi connectivity index (χ1) is 9.54. The molecular formula is C15H19Cl3N2O. The van der Waals surface area contributed by atoms with E-state index in [1.54, 1.807) is 18.2 Å². The van der Waals surface area contributed by atoms with E-state index in [1.807, 2.05) is 11.9 Å². The predicted octanol–water partition coefficient (Wildman–Crippen LogP) is 3.77. The average Bonchev–Trinajstić information content (AvgIpc) is 2.76.